The minimum absolute atomic E-state index is 0.0716. The molecule has 3 aliphatic rings. The lowest BCUT2D eigenvalue weighted by Crippen LogP contribution is -2.39. The van der Waals surface area contributed by atoms with Crippen LogP contribution in [0.2, 0.25) is 0 Å². The van der Waals surface area contributed by atoms with Crippen LogP contribution in [-0.4, -0.2) is 34.8 Å². The quantitative estimate of drug-likeness (QED) is 0.760. The Balaban J connectivity index is 1.93. The van der Waals surface area contributed by atoms with E-state index in [1.54, 1.807) is 6.08 Å². The first-order valence-corrected chi connectivity index (χ1v) is 7.26. The fraction of sp³-hybridized carbons (Fsp3) is 0.412. The molecular weight excluding hydrogens is 250 g/mol. The Labute approximate surface area is 118 Å². The first kappa shape index (κ1) is 12.2. The summed E-state index contributed by atoms with van der Waals surface area (Å²) in [6.45, 7) is 1.09. The molecule has 3 nitrogen and oxygen atoms in total. The maximum Gasteiger partial charge on any atom is 0.122 e. The van der Waals surface area contributed by atoms with Crippen LogP contribution in [0.5, 0.6) is 0 Å². The van der Waals surface area contributed by atoms with E-state index in [1.165, 1.54) is 22.3 Å². The second kappa shape index (κ2) is 4.21. The number of aliphatic hydroxyl groups excluding tert-OH is 2. The van der Waals surface area contributed by atoms with Crippen molar-refractivity contribution in [1.29, 1.82) is 0 Å². The van der Waals surface area contributed by atoms with Crippen molar-refractivity contribution in [2.24, 2.45) is 0 Å². The van der Waals surface area contributed by atoms with E-state index in [0.717, 1.165) is 19.4 Å². The number of hydrogen-bond acceptors (Lipinski definition) is 3. The van der Waals surface area contributed by atoms with Crippen LogP contribution >= 0.6 is 0 Å². The third-order valence-corrected chi connectivity index (χ3v) is 5.08. The van der Waals surface area contributed by atoms with Gasteiger partial charge in [0, 0.05) is 18.5 Å². The molecule has 3 heteroatoms. The van der Waals surface area contributed by atoms with Crippen molar-refractivity contribution in [3.05, 3.63) is 58.4 Å². The Morgan fingerprint density at radius 1 is 1.25 bits per heavy atom. The van der Waals surface area contributed by atoms with E-state index in [4.69, 9.17) is 0 Å². The normalized spacial score (nSPS) is 32.0. The van der Waals surface area contributed by atoms with E-state index in [0.29, 0.717) is 6.04 Å². The van der Waals surface area contributed by atoms with E-state index in [-0.39, 0.29) is 11.7 Å². The van der Waals surface area contributed by atoms with Crippen LogP contribution in [0, 0.1) is 0 Å². The van der Waals surface area contributed by atoms with Gasteiger partial charge in [-0.2, -0.15) is 0 Å². The fourth-order valence-corrected chi connectivity index (χ4v) is 4.02. The van der Waals surface area contributed by atoms with Crippen molar-refractivity contribution in [3.8, 4) is 0 Å². The topological polar surface area (TPSA) is 43.7 Å². The minimum Gasteiger partial charge on any atom is -0.510 e. The lowest BCUT2D eigenvalue weighted by atomic mass is 9.69. The Hall–Kier alpha value is -1.58. The average molecular weight is 269 g/mol. The number of allylic oxidation sites excluding steroid dienone is 2. The molecule has 20 heavy (non-hydrogen) atoms. The van der Waals surface area contributed by atoms with Crippen molar-refractivity contribution in [2.75, 3.05) is 13.6 Å². The first-order valence-electron chi connectivity index (χ1n) is 7.26. The molecule has 0 saturated heterocycles. The monoisotopic (exact) mass is 269 g/mol. The van der Waals surface area contributed by atoms with Crippen molar-refractivity contribution in [3.63, 3.8) is 0 Å². The Morgan fingerprint density at radius 2 is 2.10 bits per heavy atom. The van der Waals surface area contributed by atoms with E-state index in [2.05, 4.69) is 30.1 Å². The van der Waals surface area contributed by atoms with Crippen LogP contribution in [-0.2, 0) is 6.42 Å². The van der Waals surface area contributed by atoms with Crippen molar-refractivity contribution >= 4 is 0 Å². The number of rotatable bonds is 0. The molecule has 0 bridgehead atoms. The molecule has 0 radical (unpaired) electrons. The molecule has 104 valence electrons. The summed E-state index contributed by atoms with van der Waals surface area (Å²) in [4.78, 5) is 2.41. The van der Waals surface area contributed by atoms with Crippen molar-refractivity contribution in [2.45, 2.75) is 30.9 Å². The standard InChI is InChI=1S/C17H19NO2/c1-18-8-7-10-3-2-4-12-15(10)13(18)9-11-5-6-14(19)17(20)16(11)12/h2-6,13,16-17,19-20H,7-9H2,1H3. The van der Waals surface area contributed by atoms with Gasteiger partial charge in [-0.05, 0) is 42.7 Å². The van der Waals surface area contributed by atoms with Gasteiger partial charge in [0.05, 0.1) is 0 Å². The average Bonchev–Trinajstić information content (AvgIpc) is 2.46. The lowest BCUT2D eigenvalue weighted by Gasteiger charge is -2.44. The zero-order chi connectivity index (χ0) is 13.9. The van der Waals surface area contributed by atoms with Crippen LogP contribution in [0.25, 0.3) is 0 Å². The second-order valence-electron chi connectivity index (χ2n) is 6.13. The van der Waals surface area contributed by atoms with E-state index in [9.17, 15) is 10.2 Å². The Kier molecular flexibility index (Phi) is 2.56. The largest absolute Gasteiger partial charge is 0.510 e. The third kappa shape index (κ3) is 1.54. The summed E-state index contributed by atoms with van der Waals surface area (Å²) < 4.78 is 0. The molecule has 1 heterocycles. The van der Waals surface area contributed by atoms with Gasteiger partial charge >= 0.3 is 0 Å². The molecule has 0 spiro atoms. The van der Waals surface area contributed by atoms with Crippen LogP contribution in [0.1, 0.15) is 35.1 Å². The van der Waals surface area contributed by atoms with Crippen LogP contribution in [0.15, 0.2) is 41.7 Å². The van der Waals surface area contributed by atoms with Crippen molar-refractivity contribution < 1.29 is 10.2 Å². The molecule has 0 amide bonds. The molecule has 4 rings (SSSR count). The summed E-state index contributed by atoms with van der Waals surface area (Å²) >= 11 is 0. The SMILES string of the molecule is CN1CCc2cccc3c2C1CC1=CC=C(O)C(O)C13. The van der Waals surface area contributed by atoms with Gasteiger partial charge in [-0.15, -0.1) is 0 Å². The summed E-state index contributed by atoms with van der Waals surface area (Å²) in [5.41, 5.74) is 5.23. The molecular formula is C17H19NO2. The highest BCUT2D eigenvalue weighted by Gasteiger charge is 2.41. The molecule has 1 aromatic rings. The summed E-state index contributed by atoms with van der Waals surface area (Å²) in [6.07, 6.45) is 4.86. The molecule has 0 fully saturated rings. The highest BCUT2D eigenvalue weighted by Crippen LogP contribution is 2.49. The molecule has 3 unspecified atom stereocenters. The van der Waals surface area contributed by atoms with E-state index in [1.807, 2.05) is 6.08 Å². The van der Waals surface area contributed by atoms with Crippen molar-refractivity contribution in [1.82, 2.24) is 4.90 Å². The predicted molar refractivity (Wildman–Crippen MR) is 77.7 cm³/mol. The van der Waals surface area contributed by atoms with Gasteiger partial charge in [0.25, 0.3) is 0 Å². The Morgan fingerprint density at radius 3 is 2.95 bits per heavy atom. The molecule has 3 atom stereocenters. The number of aliphatic hydroxyl groups is 2. The zero-order valence-corrected chi connectivity index (χ0v) is 11.6. The van der Waals surface area contributed by atoms with Gasteiger partial charge in [-0.1, -0.05) is 29.8 Å². The fourth-order valence-electron chi connectivity index (χ4n) is 4.02. The van der Waals surface area contributed by atoms with Crippen LogP contribution in [0.4, 0.5) is 0 Å². The van der Waals surface area contributed by atoms with Gasteiger partial charge in [0.1, 0.15) is 11.9 Å². The minimum atomic E-state index is -0.797. The molecule has 0 aromatic heterocycles. The van der Waals surface area contributed by atoms with Crippen LogP contribution < -0.4 is 0 Å². The molecule has 0 saturated carbocycles. The smallest absolute Gasteiger partial charge is 0.122 e. The number of likely N-dealkylation sites (N-methyl/N-ethyl adjacent to an activating group) is 1. The number of nitrogens with zero attached hydrogens (tertiary/aromatic N) is 1. The van der Waals surface area contributed by atoms with E-state index >= 15 is 0 Å². The lowest BCUT2D eigenvalue weighted by molar-refractivity contribution is 0.123. The Bertz CT molecular complexity index is 632. The second-order valence-corrected chi connectivity index (χ2v) is 6.13. The summed E-state index contributed by atoms with van der Waals surface area (Å²) in [6, 6.07) is 6.82. The molecule has 2 N–H and O–H groups in total. The van der Waals surface area contributed by atoms with Gasteiger partial charge in [-0.25, -0.2) is 0 Å². The summed E-state index contributed by atoms with van der Waals surface area (Å²) in [5, 5.41) is 20.2. The first-order chi connectivity index (χ1) is 9.66. The van der Waals surface area contributed by atoms with E-state index < -0.39 is 6.10 Å². The van der Waals surface area contributed by atoms with Crippen LogP contribution in [0.3, 0.4) is 0 Å². The summed E-state index contributed by atoms with van der Waals surface area (Å²) in [5.74, 6) is 0.0108. The molecule has 1 aromatic carbocycles. The maximum atomic E-state index is 10.4. The number of hydrogen-bond donors (Lipinski definition) is 2. The zero-order valence-electron chi connectivity index (χ0n) is 11.6. The summed E-state index contributed by atoms with van der Waals surface area (Å²) in [7, 11) is 2.18. The van der Waals surface area contributed by atoms with Gasteiger partial charge < -0.3 is 10.2 Å². The number of benzene rings is 1. The molecule has 2 aliphatic carbocycles. The predicted octanol–water partition coefficient (Wildman–Crippen LogP) is 2.45. The van der Waals surface area contributed by atoms with Gasteiger partial charge in [-0.3, -0.25) is 4.90 Å². The van der Waals surface area contributed by atoms with Gasteiger partial charge in [0.2, 0.25) is 0 Å². The maximum absolute atomic E-state index is 10.4. The number of fused-ring (bicyclic) bond motifs is 2. The highest BCUT2D eigenvalue weighted by atomic mass is 16.3. The third-order valence-electron chi connectivity index (χ3n) is 5.08. The molecule has 1 aliphatic heterocycles. The highest BCUT2D eigenvalue weighted by molar-refractivity contribution is 5.52. The van der Waals surface area contributed by atoms with Gasteiger partial charge in [0.15, 0.2) is 0 Å².